The number of aromatic nitrogens is 2. The van der Waals surface area contributed by atoms with Crippen LogP contribution in [0.25, 0.3) is 186 Å². The topological polar surface area (TPSA) is 29.5 Å². The smallest absolute Gasteiger partial charge is 0.333 e. The summed E-state index contributed by atoms with van der Waals surface area (Å²) in [6.45, 7) is 52.7. The number of hydrogen-bond acceptors (Lipinski definition) is 3. The molecule has 0 aliphatic carbocycles. The van der Waals surface area contributed by atoms with Crippen molar-refractivity contribution in [1.29, 1.82) is 0 Å². The fourth-order valence-corrected chi connectivity index (χ4v) is 26.4. The molecule has 0 bridgehead atoms. The molecule has 0 amide bonds. The Bertz CT molecular complexity index is 9670. The molecule has 27 rings (SSSR count). The highest BCUT2D eigenvalue weighted by molar-refractivity contribution is 6.91. The first-order chi connectivity index (χ1) is 71.2. The minimum absolute atomic E-state index is 0.103. The van der Waals surface area contributed by atoms with Crippen molar-refractivity contribution in [3.8, 4) is 66.8 Å². The van der Waals surface area contributed by atoms with Crippen molar-refractivity contribution in [2.24, 2.45) is 0 Å². The average Bonchev–Trinajstić information content (AvgIpc) is 1.58. The van der Waals surface area contributed by atoms with Crippen LogP contribution >= 0.6 is 0 Å². The normalized spacial score (nSPS) is 13.8. The van der Waals surface area contributed by atoms with E-state index in [1.807, 2.05) is 0 Å². The predicted octanol–water partition coefficient (Wildman–Crippen LogP) is 36.9. The molecule has 0 saturated heterocycles. The summed E-state index contributed by atoms with van der Waals surface area (Å²) in [5, 5.41) is 19.7. The lowest BCUT2D eigenvalue weighted by molar-refractivity contribution is 0.374. The van der Waals surface area contributed by atoms with E-state index in [1.54, 1.807) is 0 Å². The number of nitrogens with zero attached hydrogens (tertiary/aromatic N) is 4. The van der Waals surface area contributed by atoms with Gasteiger partial charge in [0.05, 0.1) is 0 Å². The van der Waals surface area contributed by atoms with Gasteiger partial charge in [0.2, 0.25) is 0 Å². The molecular weight excluding hydrogens is 1800 g/mol. The van der Waals surface area contributed by atoms with Crippen molar-refractivity contribution in [2.45, 2.75) is 208 Å². The molecule has 4 aliphatic heterocycles. The van der Waals surface area contributed by atoms with E-state index < -0.39 is 0 Å². The van der Waals surface area contributed by atoms with Crippen molar-refractivity contribution in [3.05, 3.63) is 396 Å². The van der Waals surface area contributed by atoms with Crippen LogP contribution in [0, 0.1) is 0 Å². The quantitative estimate of drug-likeness (QED) is 0.0955. The summed E-state index contributed by atoms with van der Waals surface area (Å²) in [5.74, 6) is 0. The molecule has 0 N–H and O–H groups in total. The third-order valence-electron chi connectivity index (χ3n) is 34.8. The number of anilines is 6. The Hall–Kier alpha value is -15.2. The van der Waals surface area contributed by atoms with Gasteiger partial charge >= 0.3 is 13.7 Å². The maximum absolute atomic E-state index is 7.61. The molecule has 0 saturated carbocycles. The van der Waals surface area contributed by atoms with E-state index in [1.165, 1.54) is 259 Å². The van der Waals surface area contributed by atoms with Crippen LogP contribution < -0.4 is 31.7 Å². The second kappa shape index (κ2) is 32.2. The molecule has 7 heterocycles. The molecule has 3 aromatic heterocycles. The Morgan fingerprint density at radius 2 is 0.544 bits per heavy atom. The Morgan fingerprint density at radius 1 is 0.221 bits per heavy atom. The summed E-state index contributed by atoms with van der Waals surface area (Å²) in [4.78, 5) is 5.48. The van der Waals surface area contributed by atoms with Gasteiger partial charge in [-0.15, -0.1) is 0 Å². The van der Waals surface area contributed by atoms with Gasteiger partial charge in [0.1, 0.15) is 11.2 Å². The summed E-state index contributed by atoms with van der Waals surface area (Å²) in [7, 11) is 0. The molecule has 7 heteroatoms. The van der Waals surface area contributed by atoms with Crippen LogP contribution in [0.2, 0.25) is 0 Å². The molecular formula is C142H128B2N4O. The zero-order chi connectivity index (χ0) is 103. The van der Waals surface area contributed by atoms with Crippen molar-refractivity contribution in [1.82, 2.24) is 8.96 Å². The third-order valence-corrected chi connectivity index (χ3v) is 34.8. The lowest BCUT2D eigenvalue weighted by atomic mass is 9.44. The molecule has 149 heavy (non-hydrogen) atoms. The van der Waals surface area contributed by atoms with Crippen molar-refractivity contribution in [2.75, 3.05) is 9.80 Å². The Balaban J connectivity index is 0.671. The van der Waals surface area contributed by atoms with Crippen LogP contribution in [0.4, 0.5) is 34.1 Å². The average molecular weight is 1930 g/mol. The first kappa shape index (κ1) is 92.4. The largest absolute Gasteiger partial charge is 0.455 e. The standard InChI is InChI=1S/C142H128B2N4O/c1-135(2,3)88-59-61-117-104(72-88)110-75-94(140(16,17)18)77-114-129-131-122(82-112-99-53-41-42-58-123(99)149-134(112)129)146(120-81-109-107(79-116(120)144(131)148(117)133(110)114)125(84-45-29-24-30-46-84)101-55-38-40-57-103(101)127(109)86-49-33-26-34-50-86)97-70-92(138(10,11)12)67-95(71-97)142(21,22)64-63-141(19,20)89-60-62-118-105(73-89)111-74-93(139(13,14)15)76-113-128-98-52-36-35-51-87(98)65-121-130(128)143(147(118)132(111)113)115-78-106-108(80-119(115)145(121)96-68-90(136(4,5)6)66-91(69-96)137(7,8)9)126(85-47-31-25-32-48-85)102-56-39-37-54-100(102)124(106)83-43-27-23-28-44-83/h23-62,65-82H,63-64H2,1-22H3. The summed E-state index contributed by atoms with van der Waals surface area (Å²) < 4.78 is 13.2. The van der Waals surface area contributed by atoms with Crippen LogP contribution in [0.1, 0.15) is 210 Å². The summed E-state index contributed by atoms with van der Waals surface area (Å²) >= 11 is 0. The van der Waals surface area contributed by atoms with Crippen molar-refractivity contribution >= 4 is 189 Å². The number of hydrogen-bond donors (Lipinski definition) is 0. The van der Waals surface area contributed by atoms with Crippen molar-refractivity contribution in [3.63, 3.8) is 0 Å². The Labute approximate surface area is 877 Å². The van der Waals surface area contributed by atoms with E-state index in [-0.39, 0.29) is 57.0 Å². The maximum atomic E-state index is 7.61. The fraction of sp³-hybridized carbons (Fsp3) is 0.225. The van der Waals surface area contributed by atoms with Gasteiger partial charge < -0.3 is 23.2 Å². The highest BCUT2D eigenvalue weighted by atomic mass is 16.3. The third kappa shape index (κ3) is 14.1. The first-order valence-electron chi connectivity index (χ1n) is 54.2. The molecule has 728 valence electrons. The van der Waals surface area contributed by atoms with E-state index in [4.69, 9.17) is 4.42 Å². The molecule has 0 unspecified atom stereocenters. The van der Waals surface area contributed by atoms with Gasteiger partial charge in [0, 0.05) is 105 Å². The zero-order valence-corrected chi connectivity index (χ0v) is 90.3. The highest BCUT2D eigenvalue weighted by Gasteiger charge is 2.50. The van der Waals surface area contributed by atoms with E-state index in [0.717, 1.165) is 40.5 Å². The van der Waals surface area contributed by atoms with Crippen molar-refractivity contribution < 1.29 is 4.42 Å². The molecule has 20 aromatic carbocycles. The summed E-state index contributed by atoms with van der Waals surface area (Å²) in [5.41, 5.74) is 42.6. The van der Waals surface area contributed by atoms with Gasteiger partial charge in [0.15, 0.2) is 0 Å². The zero-order valence-electron chi connectivity index (χ0n) is 90.3. The van der Waals surface area contributed by atoms with E-state index in [2.05, 4.69) is 523 Å². The Kier molecular flexibility index (Phi) is 20.0. The van der Waals surface area contributed by atoms with Gasteiger partial charge in [-0.1, -0.05) is 401 Å². The molecule has 0 fully saturated rings. The number of para-hydroxylation sites is 1. The molecule has 5 nitrogen and oxygen atoms in total. The Morgan fingerprint density at radius 3 is 0.973 bits per heavy atom. The minimum Gasteiger partial charge on any atom is -0.455 e. The van der Waals surface area contributed by atoms with Gasteiger partial charge in [-0.2, -0.15) is 0 Å². The van der Waals surface area contributed by atoms with Crippen LogP contribution in [-0.4, -0.2) is 22.7 Å². The molecule has 23 aromatic rings. The van der Waals surface area contributed by atoms with Crippen LogP contribution in [0.3, 0.4) is 0 Å². The maximum Gasteiger partial charge on any atom is 0.333 e. The van der Waals surface area contributed by atoms with E-state index in [0.29, 0.717) is 0 Å². The number of furan rings is 1. The second-order valence-electron chi connectivity index (χ2n) is 51.4. The highest BCUT2D eigenvalue weighted by Crippen LogP contribution is 2.59. The van der Waals surface area contributed by atoms with Gasteiger partial charge in [-0.05, 0) is 330 Å². The number of rotatable bonds is 11. The number of benzene rings is 20. The van der Waals surface area contributed by atoms with Gasteiger partial charge in [0.25, 0.3) is 0 Å². The molecule has 0 radical (unpaired) electrons. The molecule has 4 aliphatic rings. The van der Waals surface area contributed by atoms with Gasteiger partial charge in [-0.25, -0.2) is 0 Å². The summed E-state index contributed by atoms with van der Waals surface area (Å²) in [6.07, 6.45) is 1.82. The first-order valence-corrected chi connectivity index (χ1v) is 54.2. The second-order valence-corrected chi connectivity index (χ2v) is 51.4. The van der Waals surface area contributed by atoms with E-state index in [9.17, 15) is 0 Å². The predicted molar refractivity (Wildman–Crippen MR) is 644 cm³/mol. The molecule has 0 atom stereocenters. The van der Waals surface area contributed by atoms with Crippen LogP contribution in [-0.2, 0) is 43.3 Å². The van der Waals surface area contributed by atoms with Crippen LogP contribution in [0.5, 0.6) is 0 Å². The number of fused-ring (bicyclic) bond motifs is 24. The summed E-state index contributed by atoms with van der Waals surface area (Å²) in [6, 6.07) is 138. The minimum atomic E-state index is -0.360. The fourth-order valence-electron chi connectivity index (χ4n) is 26.4. The monoisotopic (exact) mass is 1930 g/mol. The van der Waals surface area contributed by atoms with Gasteiger partial charge in [-0.3, -0.25) is 0 Å². The SMILES string of the molecule is CC(C)(C)c1cc(N2c3cc4c(-c5ccccc5)c5ccccc5c(-c5ccccc5)c4cc3B3c4c2cc2ccccc2c4-c2cc(C(C)(C)C)cc4c5cc(C(C)(C)CCC(C)(C)c6cc(N7c8cc9c(-c%10ccccc%10)c%10ccccc%10c(-c%10ccccc%10)c9cc8B8c9c7cc7c(oc%10ccccc%107)c9-c7cc(C(C)(C)C)cc9c%10cc(C(C)(C)C)ccc%10n8c79)cc(C(C)(C)C)c6)ccc5n3c24)cc(C(C)(C)C)c1. The lowest BCUT2D eigenvalue weighted by Crippen LogP contribution is -2.56. The lowest BCUT2D eigenvalue weighted by Gasteiger charge is -2.42. The van der Waals surface area contributed by atoms with Crippen LogP contribution in [0.15, 0.2) is 356 Å². The van der Waals surface area contributed by atoms with E-state index >= 15 is 0 Å². The molecule has 0 spiro atoms.